The van der Waals surface area contributed by atoms with Gasteiger partial charge in [-0.25, -0.2) is 9.37 Å². The molecule has 3 rings (SSSR count). The normalized spacial score (nSPS) is 9.88. The van der Waals surface area contributed by atoms with Crippen LogP contribution in [0, 0.1) is 17.7 Å². The zero-order valence-electron chi connectivity index (χ0n) is 13.8. The molecular formula is C21H15FN2OS. The summed E-state index contributed by atoms with van der Waals surface area (Å²) >= 11 is 1.35. The average molecular weight is 362 g/mol. The molecule has 0 aliphatic heterocycles. The van der Waals surface area contributed by atoms with E-state index in [4.69, 9.17) is 0 Å². The van der Waals surface area contributed by atoms with Crippen LogP contribution in [0.15, 0.2) is 77.8 Å². The van der Waals surface area contributed by atoms with Crippen LogP contribution in [-0.2, 0) is 4.79 Å². The van der Waals surface area contributed by atoms with Gasteiger partial charge in [0.2, 0.25) is 5.91 Å². The number of nitrogens with one attached hydrogen (secondary N) is 1. The Kier molecular flexibility index (Phi) is 6.02. The molecule has 1 N–H and O–H groups in total. The van der Waals surface area contributed by atoms with Gasteiger partial charge in [-0.15, -0.1) is 11.8 Å². The third-order valence-corrected chi connectivity index (χ3v) is 4.34. The Morgan fingerprint density at radius 1 is 1.04 bits per heavy atom. The molecule has 128 valence electrons. The first-order valence-corrected chi connectivity index (χ1v) is 8.89. The first kappa shape index (κ1) is 17.7. The summed E-state index contributed by atoms with van der Waals surface area (Å²) in [5.74, 6) is 5.84. The second-order valence-electron chi connectivity index (χ2n) is 5.34. The van der Waals surface area contributed by atoms with E-state index >= 15 is 0 Å². The fourth-order valence-electron chi connectivity index (χ4n) is 2.12. The lowest BCUT2D eigenvalue weighted by molar-refractivity contribution is -0.113. The monoisotopic (exact) mass is 362 g/mol. The number of anilines is 1. The zero-order valence-corrected chi connectivity index (χ0v) is 14.6. The SMILES string of the molecule is O=C(CSc1ccc(F)cc1)Nc1cccc(C#Cc2ccccn2)c1. The van der Waals surface area contributed by atoms with E-state index in [0.717, 1.165) is 10.5 Å². The minimum atomic E-state index is -0.289. The van der Waals surface area contributed by atoms with Crippen molar-refractivity contribution in [3.05, 3.63) is 90.0 Å². The highest BCUT2D eigenvalue weighted by atomic mass is 32.2. The van der Waals surface area contributed by atoms with Gasteiger partial charge < -0.3 is 5.32 Å². The second kappa shape index (κ2) is 8.84. The summed E-state index contributed by atoms with van der Waals surface area (Å²) in [6.45, 7) is 0. The number of carbonyl (C=O) groups is 1. The van der Waals surface area contributed by atoms with Gasteiger partial charge in [0, 0.05) is 22.3 Å². The van der Waals surface area contributed by atoms with Crippen molar-refractivity contribution in [3.63, 3.8) is 0 Å². The first-order chi connectivity index (χ1) is 12.7. The molecule has 0 aliphatic rings. The fraction of sp³-hybridized carbons (Fsp3) is 0.0476. The lowest BCUT2D eigenvalue weighted by Crippen LogP contribution is -2.13. The molecule has 0 unspecified atom stereocenters. The van der Waals surface area contributed by atoms with Gasteiger partial charge in [-0.2, -0.15) is 0 Å². The molecule has 0 aliphatic carbocycles. The number of amides is 1. The van der Waals surface area contributed by atoms with E-state index in [1.165, 1.54) is 23.9 Å². The number of nitrogens with zero attached hydrogens (tertiary/aromatic N) is 1. The van der Waals surface area contributed by atoms with E-state index in [1.54, 1.807) is 18.3 Å². The number of pyridine rings is 1. The molecule has 26 heavy (non-hydrogen) atoms. The van der Waals surface area contributed by atoms with Crippen molar-refractivity contribution in [2.24, 2.45) is 0 Å². The van der Waals surface area contributed by atoms with E-state index in [2.05, 4.69) is 22.1 Å². The molecule has 1 aromatic heterocycles. The van der Waals surface area contributed by atoms with Gasteiger partial charge in [0.1, 0.15) is 11.5 Å². The Hall–Kier alpha value is -3.10. The summed E-state index contributed by atoms with van der Waals surface area (Å²) in [7, 11) is 0. The van der Waals surface area contributed by atoms with Crippen LogP contribution in [0.5, 0.6) is 0 Å². The maximum absolute atomic E-state index is 12.9. The van der Waals surface area contributed by atoms with Gasteiger partial charge in [0.25, 0.3) is 0 Å². The number of hydrogen-bond acceptors (Lipinski definition) is 3. The fourth-order valence-corrected chi connectivity index (χ4v) is 2.82. The van der Waals surface area contributed by atoms with Crippen LogP contribution in [0.2, 0.25) is 0 Å². The van der Waals surface area contributed by atoms with Crippen LogP contribution in [0.1, 0.15) is 11.3 Å². The molecule has 1 amide bonds. The van der Waals surface area contributed by atoms with Gasteiger partial charge in [-0.05, 0) is 60.5 Å². The maximum Gasteiger partial charge on any atom is 0.234 e. The van der Waals surface area contributed by atoms with Crippen molar-refractivity contribution in [2.45, 2.75) is 4.90 Å². The maximum atomic E-state index is 12.9. The molecule has 0 fully saturated rings. The number of aromatic nitrogens is 1. The van der Waals surface area contributed by atoms with E-state index < -0.39 is 0 Å². The third-order valence-electron chi connectivity index (χ3n) is 3.33. The second-order valence-corrected chi connectivity index (χ2v) is 6.39. The van der Waals surface area contributed by atoms with Crippen LogP contribution in [0.25, 0.3) is 0 Å². The van der Waals surface area contributed by atoms with Crippen molar-refractivity contribution >= 4 is 23.4 Å². The molecule has 0 radical (unpaired) electrons. The van der Waals surface area contributed by atoms with Gasteiger partial charge in [-0.3, -0.25) is 4.79 Å². The number of benzene rings is 2. The summed E-state index contributed by atoms with van der Waals surface area (Å²) in [4.78, 5) is 17.1. The first-order valence-electron chi connectivity index (χ1n) is 7.90. The highest BCUT2D eigenvalue weighted by molar-refractivity contribution is 8.00. The Labute approximate surface area is 155 Å². The minimum Gasteiger partial charge on any atom is -0.325 e. The molecule has 2 aromatic carbocycles. The minimum absolute atomic E-state index is 0.130. The molecule has 1 heterocycles. The summed E-state index contributed by atoms with van der Waals surface area (Å²) in [5.41, 5.74) is 2.17. The highest BCUT2D eigenvalue weighted by Crippen LogP contribution is 2.18. The van der Waals surface area contributed by atoms with Crippen molar-refractivity contribution in [3.8, 4) is 11.8 Å². The Morgan fingerprint density at radius 2 is 1.88 bits per heavy atom. The quantitative estimate of drug-likeness (QED) is 0.554. The zero-order chi connectivity index (χ0) is 18.2. The van der Waals surface area contributed by atoms with Crippen molar-refractivity contribution < 1.29 is 9.18 Å². The van der Waals surface area contributed by atoms with Crippen molar-refractivity contribution in [2.75, 3.05) is 11.1 Å². The average Bonchev–Trinajstić information content (AvgIpc) is 2.67. The predicted molar refractivity (Wildman–Crippen MR) is 102 cm³/mol. The molecule has 0 bridgehead atoms. The number of halogens is 1. The van der Waals surface area contributed by atoms with Crippen LogP contribution >= 0.6 is 11.8 Å². The lowest BCUT2D eigenvalue weighted by Gasteiger charge is -2.05. The van der Waals surface area contributed by atoms with E-state index in [-0.39, 0.29) is 17.5 Å². The van der Waals surface area contributed by atoms with Crippen LogP contribution in [-0.4, -0.2) is 16.6 Å². The summed E-state index contributed by atoms with van der Waals surface area (Å²) in [6.07, 6.45) is 1.69. The van der Waals surface area contributed by atoms with Crippen LogP contribution in [0.4, 0.5) is 10.1 Å². The molecule has 3 aromatic rings. The topological polar surface area (TPSA) is 42.0 Å². The summed E-state index contributed by atoms with van der Waals surface area (Å²) in [6, 6.07) is 19.0. The van der Waals surface area contributed by atoms with Crippen molar-refractivity contribution in [1.82, 2.24) is 4.98 Å². The highest BCUT2D eigenvalue weighted by Gasteiger charge is 2.04. The van der Waals surface area contributed by atoms with E-state index in [9.17, 15) is 9.18 Å². The standard InChI is InChI=1S/C21H15FN2OS/c22-17-8-11-20(12-9-17)26-15-21(25)24-19-6-3-4-16(14-19)7-10-18-5-1-2-13-23-18/h1-6,8-9,11-14H,15H2,(H,24,25). The lowest BCUT2D eigenvalue weighted by atomic mass is 10.2. The number of hydrogen-bond donors (Lipinski definition) is 1. The predicted octanol–water partition coefficient (Wildman–Crippen LogP) is 4.35. The van der Waals surface area contributed by atoms with Gasteiger partial charge in [0.05, 0.1) is 5.75 Å². The third kappa shape index (κ3) is 5.47. The smallest absolute Gasteiger partial charge is 0.234 e. The number of rotatable bonds is 4. The Bertz CT molecular complexity index is 947. The van der Waals surface area contributed by atoms with E-state index in [0.29, 0.717) is 11.4 Å². The van der Waals surface area contributed by atoms with Crippen molar-refractivity contribution in [1.29, 1.82) is 0 Å². The molecule has 0 spiro atoms. The van der Waals surface area contributed by atoms with Crippen LogP contribution in [0.3, 0.4) is 0 Å². The molecule has 3 nitrogen and oxygen atoms in total. The van der Waals surface area contributed by atoms with E-state index in [1.807, 2.05) is 42.5 Å². The molecule has 5 heteroatoms. The number of thioether (sulfide) groups is 1. The molecular weight excluding hydrogens is 347 g/mol. The largest absolute Gasteiger partial charge is 0.325 e. The summed E-state index contributed by atoms with van der Waals surface area (Å²) in [5, 5.41) is 2.84. The van der Waals surface area contributed by atoms with Gasteiger partial charge in [-0.1, -0.05) is 18.1 Å². The number of carbonyl (C=O) groups excluding carboxylic acids is 1. The van der Waals surface area contributed by atoms with Gasteiger partial charge >= 0.3 is 0 Å². The molecule has 0 saturated carbocycles. The summed E-state index contributed by atoms with van der Waals surface area (Å²) < 4.78 is 12.9. The van der Waals surface area contributed by atoms with Gasteiger partial charge in [0.15, 0.2) is 0 Å². The molecule has 0 saturated heterocycles. The Morgan fingerprint density at radius 3 is 2.65 bits per heavy atom. The molecule has 0 atom stereocenters. The Balaban J connectivity index is 1.58. The van der Waals surface area contributed by atoms with Crippen LogP contribution < -0.4 is 5.32 Å².